The van der Waals surface area contributed by atoms with E-state index in [4.69, 9.17) is 0 Å². The van der Waals surface area contributed by atoms with Gasteiger partial charge in [0.2, 0.25) is 5.91 Å². The molecule has 2 aromatic heterocycles. The molecule has 6 heteroatoms. The number of thiophene rings is 1. The van der Waals surface area contributed by atoms with E-state index in [1.165, 1.54) is 10.4 Å². The zero-order chi connectivity index (χ0) is 18.4. The molecule has 0 atom stereocenters. The predicted octanol–water partition coefficient (Wildman–Crippen LogP) is 4.72. The summed E-state index contributed by atoms with van der Waals surface area (Å²) in [4.78, 5) is 20.6. The monoisotopic (exact) mass is 385 g/mol. The van der Waals surface area contributed by atoms with Gasteiger partial charge < -0.3 is 5.32 Å². The lowest BCUT2D eigenvalue weighted by Crippen LogP contribution is -2.22. The van der Waals surface area contributed by atoms with Crippen LogP contribution in [0.15, 0.2) is 47.2 Å². The number of hydrogen-bond donors (Lipinski definition) is 1. The van der Waals surface area contributed by atoms with Crippen LogP contribution in [-0.2, 0) is 24.3 Å². The van der Waals surface area contributed by atoms with E-state index in [-0.39, 0.29) is 5.91 Å². The Morgan fingerprint density at radius 1 is 1.15 bits per heavy atom. The fraction of sp³-hybridized carbons (Fsp3) is 0.300. The van der Waals surface area contributed by atoms with Gasteiger partial charge in [0.05, 0.1) is 12.1 Å². The first-order valence-corrected chi connectivity index (χ1v) is 10.4. The first-order valence-electron chi connectivity index (χ1n) is 8.67. The van der Waals surface area contributed by atoms with Crippen LogP contribution in [0, 0.1) is 6.92 Å². The van der Waals surface area contributed by atoms with Crippen LogP contribution in [0.2, 0.25) is 0 Å². The van der Waals surface area contributed by atoms with Crippen LogP contribution in [0.1, 0.15) is 28.1 Å². The van der Waals surface area contributed by atoms with Crippen LogP contribution >= 0.6 is 22.7 Å². The lowest BCUT2D eigenvalue weighted by atomic mass is 10.2. The van der Waals surface area contributed by atoms with Gasteiger partial charge in [0, 0.05) is 29.0 Å². The van der Waals surface area contributed by atoms with E-state index in [1.54, 1.807) is 22.7 Å². The molecule has 0 spiro atoms. The third-order valence-corrected chi connectivity index (χ3v) is 5.80. The number of carbonyl (C=O) groups excluding carboxylic acids is 1. The summed E-state index contributed by atoms with van der Waals surface area (Å²) in [5, 5.41) is 7.95. The minimum atomic E-state index is -0.0271. The molecule has 0 saturated carbocycles. The largest absolute Gasteiger partial charge is 0.326 e. The Labute approximate surface area is 162 Å². The van der Waals surface area contributed by atoms with Crippen LogP contribution < -0.4 is 5.32 Å². The molecule has 0 bridgehead atoms. The Kier molecular flexibility index (Phi) is 6.55. The fourth-order valence-electron chi connectivity index (χ4n) is 2.61. The highest BCUT2D eigenvalue weighted by Crippen LogP contribution is 2.17. The Bertz CT molecular complexity index is 825. The molecular formula is C20H23N3OS2. The van der Waals surface area contributed by atoms with E-state index in [1.807, 2.05) is 31.2 Å². The van der Waals surface area contributed by atoms with Crippen LogP contribution in [0.25, 0.3) is 0 Å². The maximum absolute atomic E-state index is 12.2. The SMILES string of the molecule is CCN(Cc1csc(CC(=O)Nc2ccc(C)cc2)n1)Cc1cccs1. The summed E-state index contributed by atoms with van der Waals surface area (Å²) in [6.07, 6.45) is 0.315. The lowest BCUT2D eigenvalue weighted by molar-refractivity contribution is -0.115. The van der Waals surface area contributed by atoms with Gasteiger partial charge in [-0.25, -0.2) is 4.98 Å². The predicted molar refractivity (Wildman–Crippen MR) is 110 cm³/mol. The number of benzene rings is 1. The van der Waals surface area contributed by atoms with E-state index in [0.717, 1.165) is 36.0 Å². The van der Waals surface area contributed by atoms with E-state index in [0.29, 0.717) is 6.42 Å². The molecule has 0 aliphatic heterocycles. The molecule has 0 aliphatic rings. The van der Waals surface area contributed by atoms with Crippen molar-refractivity contribution < 1.29 is 4.79 Å². The van der Waals surface area contributed by atoms with Gasteiger partial charge >= 0.3 is 0 Å². The molecule has 1 N–H and O–H groups in total. The Morgan fingerprint density at radius 3 is 2.65 bits per heavy atom. The highest BCUT2D eigenvalue weighted by Gasteiger charge is 2.11. The number of anilines is 1. The second-order valence-corrected chi connectivity index (χ2v) is 8.18. The van der Waals surface area contributed by atoms with Gasteiger partial charge in [0.1, 0.15) is 5.01 Å². The number of nitrogens with zero attached hydrogens (tertiary/aromatic N) is 2. The van der Waals surface area contributed by atoms with E-state index < -0.39 is 0 Å². The van der Waals surface area contributed by atoms with Crippen molar-refractivity contribution >= 4 is 34.3 Å². The molecule has 2 heterocycles. The number of amides is 1. The first kappa shape index (κ1) is 18.8. The summed E-state index contributed by atoms with van der Waals surface area (Å²) in [5.74, 6) is -0.0271. The number of thiazole rings is 1. The number of rotatable bonds is 8. The van der Waals surface area contributed by atoms with Crippen molar-refractivity contribution in [3.63, 3.8) is 0 Å². The second-order valence-electron chi connectivity index (χ2n) is 6.21. The summed E-state index contributed by atoms with van der Waals surface area (Å²) in [6, 6.07) is 12.1. The van der Waals surface area contributed by atoms with Crippen LogP contribution in [0.5, 0.6) is 0 Å². The minimum Gasteiger partial charge on any atom is -0.326 e. The van der Waals surface area contributed by atoms with Crippen molar-refractivity contribution in [2.45, 2.75) is 33.4 Å². The van der Waals surface area contributed by atoms with Crippen molar-refractivity contribution in [2.24, 2.45) is 0 Å². The summed E-state index contributed by atoms with van der Waals surface area (Å²) >= 11 is 3.34. The Hall–Kier alpha value is -2.02. The molecule has 0 unspecified atom stereocenters. The Balaban J connectivity index is 1.53. The second kappa shape index (κ2) is 9.07. The molecule has 26 heavy (non-hydrogen) atoms. The van der Waals surface area contributed by atoms with Crippen molar-refractivity contribution in [3.05, 3.63) is 68.3 Å². The van der Waals surface area contributed by atoms with Gasteiger partial charge in [-0.3, -0.25) is 9.69 Å². The van der Waals surface area contributed by atoms with Gasteiger partial charge in [0.15, 0.2) is 0 Å². The molecule has 0 radical (unpaired) electrons. The van der Waals surface area contributed by atoms with Gasteiger partial charge in [-0.2, -0.15) is 0 Å². The molecular weight excluding hydrogens is 362 g/mol. The average molecular weight is 386 g/mol. The lowest BCUT2D eigenvalue weighted by Gasteiger charge is -2.18. The van der Waals surface area contributed by atoms with Crippen molar-refractivity contribution in [3.8, 4) is 0 Å². The van der Waals surface area contributed by atoms with Crippen molar-refractivity contribution in [1.82, 2.24) is 9.88 Å². The molecule has 3 aromatic rings. The number of hydrogen-bond acceptors (Lipinski definition) is 5. The number of aryl methyl sites for hydroxylation is 1. The molecule has 136 valence electrons. The zero-order valence-electron chi connectivity index (χ0n) is 15.1. The highest BCUT2D eigenvalue weighted by molar-refractivity contribution is 7.10. The summed E-state index contributed by atoms with van der Waals surface area (Å²) in [6.45, 7) is 6.91. The third-order valence-electron chi connectivity index (χ3n) is 4.04. The van der Waals surface area contributed by atoms with Gasteiger partial charge in [-0.1, -0.05) is 30.7 Å². The zero-order valence-corrected chi connectivity index (χ0v) is 16.7. The summed E-state index contributed by atoms with van der Waals surface area (Å²) < 4.78 is 0. The molecule has 0 aliphatic carbocycles. The Morgan fingerprint density at radius 2 is 1.96 bits per heavy atom. The molecule has 0 saturated heterocycles. The summed E-state index contributed by atoms with van der Waals surface area (Å²) in [5.41, 5.74) is 3.03. The smallest absolute Gasteiger partial charge is 0.231 e. The quantitative estimate of drug-likeness (QED) is 0.610. The molecule has 3 rings (SSSR count). The van der Waals surface area contributed by atoms with Gasteiger partial charge in [0.25, 0.3) is 0 Å². The average Bonchev–Trinajstić information content (AvgIpc) is 3.28. The molecule has 1 amide bonds. The first-order chi connectivity index (χ1) is 12.6. The normalized spacial score (nSPS) is 11.0. The summed E-state index contributed by atoms with van der Waals surface area (Å²) in [7, 11) is 0. The van der Waals surface area contributed by atoms with Crippen LogP contribution in [0.4, 0.5) is 5.69 Å². The van der Waals surface area contributed by atoms with E-state index in [9.17, 15) is 4.79 Å². The number of aromatic nitrogens is 1. The van der Waals surface area contributed by atoms with Crippen LogP contribution in [-0.4, -0.2) is 22.3 Å². The van der Waals surface area contributed by atoms with Gasteiger partial charge in [-0.15, -0.1) is 22.7 Å². The fourth-order valence-corrected chi connectivity index (χ4v) is 4.14. The number of nitrogens with one attached hydrogen (secondary N) is 1. The maximum Gasteiger partial charge on any atom is 0.231 e. The van der Waals surface area contributed by atoms with Gasteiger partial charge in [-0.05, 0) is 37.0 Å². The topological polar surface area (TPSA) is 45.2 Å². The third kappa shape index (κ3) is 5.49. The van der Waals surface area contributed by atoms with Crippen LogP contribution in [0.3, 0.4) is 0 Å². The van der Waals surface area contributed by atoms with Crippen molar-refractivity contribution in [2.75, 3.05) is 11.9 Å². The molecule has 1 aromatic carbocycles. The maximum atomic E-state index is 12.2. The highest BCUT2D eigenvalue weighted by atomic mass is 32.1. The molecule has 4 nitrogen and oxygen atoms in total. The minimum absolute atomic E-state index is 0.0271. The standard InChI is InChI=1S/C20H23N3OS2/c1-3-23(13-18-5-4-10-25-18)12-17-14-26-20(22-17)11-19(24)21-16-8-6-15(2)7-9-16/h4-10,14H,3,11-13H2,1-2H3,(H,21,24). The number of carbonyl (C=O) groups is 1. The van der Waals surface area contributed by atoms with E-state index in [2.05, 4.69) is 45.0 Å². The molecule has 0 fully saturated rings. The van der Waals surface area contributed by atoms with Crippen molar-refractivity contribution in [1.29, 1.82) is 0 Å². The van der Waals surface area contributed by atoms with E-state index >= 15 is 0 Å².